The second-order valence-corrected chi connectivity index (χ2v) is 11.6. The van der Waals surface area contributed by atoms with Gasteiger partial charge in [0.1, 0.15) is 11.9 Å². The highest BCUT2D eigenvalue weighted by atomic mass is 16.5. The third-order valence-electron chi connectivity index (χ3n) is 9.18. The number of hydrogen-bond donors (Lipinski definition) is 0. The van der Waals surface area contributed by atoms with E-state index in [2.05, 4.69) is 158 Å². The molecule has 0 amide bonds. The van der Waals surface area contributed by atoms with Gasteiger partial charge in [0.15, 0.2) is 0 Å². The highest BCUT2D eigenvalue weighted by molar-refractivity contribution is 6.20. The van der Waals surface area contributed by atoms with Crippen molar-refractivity contribution in [3.8, 4) is 28.0 Å². The largest absolute Gasteiger partial charge is 0.485 e. The SMILES string of the molecule is C1=CC2Oc3cc(-c4ccccc4)ccc3C2C=C1c1c2ccccc2c(-c2ccc3ccccc3c2)c2ccccc12. The van der Waals surface area contributed by atoms with E-state index >= 15 is 0 Å². The molecule has 1 heteroatoms. The fourth-order valence-corrected chi connectivity index (χ4v) is 7.17. The van der Waals surface area contributed by atoms with E-state index in [1.54, 1.807) is 0 Å². The Morgan fingerprint density at radius 1 is 0.465 bits per heavy atom. The van der Waals surface area contributed by atoms with Crippen LogP contribution in [0.15, 0.2) is 158 Å². The number of rotatable bonds is 3. The van der Waals surface area contributed by atoms with Crippen molar-refractivity contribution in [1.29, 1.82) is 0 Å². The molecule has 7 aromatic carbocycles. The van der Waals surface area contributed by atoms with E-state index in [1.807, 2.05) is 0 Å². The first kappa shape index (κ1) is 24.2. The summed E-state index contributed by atoms with van der Waals surface area (Å²) in [5.74, 6) is 1.16. The number of benzene rings is 7. The van der Waals surface area contributed by atoms with Gasteiger partial charge in [-0.3, -0.25) is 0 Å². The Labute approximate surface area is 251 Å². The maximum absolute atomic E-state index is 6.51. The molecule has 0 spiro atoms. The van der Waals surface area contributed by atoms with Gasteiger partial charge >= 0.3 is 0 Å². The Morgan fingerprint density at radius 2 is 1.09 bits per heavy atom. The predicted molar refractivity (Wildman–Crippen MR) is 181 cm³/mol. The van der Waals surface area contributed by atoms with Crippen LogP contribution >= 0.6 is 0 Å². The molecule has 0 radical (unpaired) electrons. The Hall–Kier alpha value is -5.40. The van der Waals surface area contributed by atoms with Gasteiger partial charge in [-0.05, 0) is 83.9 Å². The van der Waals surface area contributed by atoms with Gasteiger partial charge in [0.2, 0.25) is 0 Å². The number of hydrogen-bond acceptors (Lipinski definition) is 1. The molecule has 0 fully saturated rings. The van der Waals surface area contributed by atoms with Crippen LogP contribution in [0.2, 0.25) is 0 Å². The fraction of sp³-hybridized carbons (Fsp3) is 0.0476. The molecule has 0 saturated heterocycles. The third kappa shape index (κ3) is 3.86. The summed E-state index contributed by atoms with van der Waals surface area (Å²) in [4.78, 5) is 0. The van der Waals surface area contributed by atoms with E-state index < -0.39 is 0 Å². The van der Waals surface area contributed by atoms with E-state index in [0.717, 1.165) is 5.75 Å². The van der Waals surface area contributed by atoms with Crippen LogP contribution in [0.1, 0.15) is 17.0 Å². The van der Waals surface area contributed by atoms with Gasteiger partial charge < -0.3 is 4.74 Å². The van der Waals surface area contributed by atoms with Crippen LogP contribution < -0.4 is 4.74 Å². The Balaban J connectivity index is 1.23. The summed E-state index contributed by atoms with van der Waals surface area (Å²) < 4.78 is 6.51. The maximum Gasteiger partial charge on any atom is 0.128 e. The number of ether oxygens (including phenoxy) is 1. The summed E-state index contributed by atoms with van der Waals surface area (Å²) in [5, 5.41) is 7.63. The number of fused-ring (bicyclic) bond motifs is 6. The van der Waals surface area contributed by atoms with E-state index in [-0.39, 0.29) is 12.0 Å². The minimum atomic E-state index is 0.0131. The summed E-state index contributed by atoms with van der Waals surface area (Å²) in [6.07, 6.45) is 6.97. The molecular formula is C42H28O. The molecule has 0 N–H and O–H groups in total. The molecule has 1 heterocycles. The van der Waals surface area contributed by atoms with Crippen LogP contribution in [0.5, 0.6) is 5.75 Å². The molecular weight excluding hydrogens is 520 g/mol. The highest BCUT2D eigenvalue weighted by Gasteiger charge is 2.34. The van der Waals surface area contributed by atoms with Gasteiger partial charge in [-0.25, -0.2) is 0 Å². The lowest BCUT2D eigenvalue weighted by Crippen LogP contribution is -2.17. The minimum absolute atomic E-state index is 0.0131. The molecule has 9 rings (SSSR count). The Bertz CT molecular complexity index is 2210. The molecule has 1 aliphatic carbocycles. The molecule has 0 aromatic heterocycles. The van der Waals surface area contributed by atoms with Gasteiger partial charge in [0, 0.05) is 11.5 Å². The molecule has 1 nitrogen and oxygen atoms in total. The van der Waals surface area contributed by atoms with Gasteiger partial charge in [0.25, 0.3) is 0 Å². The van der Waals surface area contributed by atoms with Gasteiger partial charge in [-0.2, -0.15) is 0 Å². The van der Waals surface area contributed by atoms with Gasteiger partial charge in [-0.1, -0.05) is 140 Å². The Morgan fingerprint density at radius 3 is 1.84 bits per heavy atom. The molecule has 7 aromatic rings. The van der Waals surface area contributed by atoms with Crippen molar-refractivity contribution in [3.05, 3.63) is 169 Å². The van der Waals surface area contributed by atoms with Gasteiger partial charge in [0.05, 0.1) is 0 Å². The first-order valence-electron chi connectivity index (χ1n) is 15.0. The smallest absolute Gasteiger partial charge is 0.128 e. The van der Waals surface area contributed by atoms with Crippen molar-refractivity contribution in [2.24, 2.45) is 0 Å². The van der Waals surface area contributed by atoms with Crippen LogP contribution in [0, 0.1) is 0 Å². The topological polar surface area (TPSA) is 9.23 Å². The lowest BCUT2D eigenvalue weighted by Gasteiger charge is -2.22. The lowest BCUT2D eigenvalue weighted by atomic mass is 9.81. The molecule has 0 bridgehead atoms. The lowest BCUT2D eigenvalue weighted by molar-refractivity contribution is 0.269. The summed E-state index contributed by atoms with van der Waals surface area (Å²) in [7, 11) is 0. The summed E-state index contributed by atoms with van der Waals surface area (Å²) in [6, 6.07) is 50.5. The first-order chi connectivity index (χ1) is 21.3. The normalized spacial score (nSPS) is 17.1. The van der Waals surface area contributed by atoms with Crippen molar-refractivity contribution in [3.63, 3.8) is 0 Å². The molecule has 2 aliphatic rings. The predicted octanol–water partition coefficient (Wildman–Crippen LogP) is 11.0. The van der Waals surface area contributed by atoms with Crippen molar-refractivity contribution in [2.75, 3.05) is 0 Å². The molecule has 2 unspecified atom stereocenters. The maximum atomic E-state index is 6.51. The van der Waals surface area contributed by atoms with E-state index in [4.69, 9.17) is 4.74 Å². The van der Waals surface area contributed by atoms with Crippen LogP contribution in [0.25, 0.3) is 60.1 Å². The van der Waals surface area contributed by atoms with Crippen molar-refractivity contribution in [1.82, 2.24) is 0 Å². The standard InChI is InChI=1S/C42H28O/c1-2-10-27(11-3-1)30-20-22-33-38-25-32(21-23-39(38)43-40(33)26-30)42-36-16-8-6-14-34(36)41(35-15-7-9-17-37(35)42)31-19-18-28-12-4-5-13-29(28)24-31/h1-26,38-39H. The molecule has 202 valence electrons. The monoisotopic (exact) mass is 548 g/mol. The van der Waals surface area contributed by atoms with Crippen molar-refractivity contribution < 1.29 is 4.74 Å². The number of allylic oxidation sites excluding steroid dienone is 2. The van der Waals surface area contributed by atoms with E-state index in [9.17, 15) is 0 Å². The molecule has 2 atom stereocenters. The Kier molecular flexibility index (Phi) is 5.39. The van der Waals surface area contributed by atoms with E-state index in [0.29, 0.717) is 0 Å². The highest BCUT2D eigenvalue weighted by Crippen LogP contribution is 2.48. The minimum Gasteiger partial charge on any atom is -0.485 e. The zero-order valence-electron chi connectivity index (χ0n) is 23.6. The summed E-state index contributed by atoms with van der Waals surface area (Å²) in [6.45, 7) is 0. The summed E-state index contributed by atoms with van der Waals surface area (Å²) in [5.41, 5.74) is 8.74. The average Bonchev–Trinajstić information content (AvgIpc) is 3.44. The second kappa shape index (κ2) is 9.58. The van der Waals surface area contributed by atoms with Crippen LogP contribution in [0.4, 0.5) is 0 Å². The molecule has 1 aliphatic heterocycles. The van der Waals surface area contributed by atoms with Gasteiger partial charge in [-0.15, -0.1) is 0 Å². The van der Waals surface area contributed by atoms with Crippen LogP contribution in [-0.4, -0.2) is 6.10 Å². The fourth-order valence-electron chi connectivity index (χ4n) is 7.17. The quantitative estimate of drug-likeness (QED) is 0.200. The van der Waals surface area contributed by atoms with Crippen molar-refractivity contribution in [2.45, 2.75) is 12.0 Å². The summed E-state index contributed by atoms with van der Waals surface area (Å²) >= 11 is 0. The first-order valence-corrected chi connectivity index (χ1v) is 15.0. The average molecular weight is 549 g/mol. The van der Waals surface area contributed by atoms with E-state index in [1.165, 1.54) is 71.3 Å². The molecule has 43 heavy (non-hydrogen) atoms. The zero-order chi connectivity index (χ0) is 28.3. The van der Waals surface area contributed by atoms with Crippen molar-refractivity contribution >= 4 is 37.9 Å². The molecule has 0 saturated carbocycles. The van der Waals surface area contributed by atoms with Crippen LogP contribution in [-0.2, 0) is 0 Å². The second-order valence-electron chi connectivity index (χ2n) is 11.6. The zero-order valence-corrected chi connectivity index (χ0v) is 23.6. The van der Waals surface area contributed by atoms with Crippen LogP contribution in [0.3, 0.4) is 0 Å². The third-order valence-corrected chi connectivity index (χ3v) is 9.18.